The lowest BCUT2D eigenvalue weighted by Gasteiger charge is -2.18. The molecule has 4 atom stereocenters. The van der Waals surface area contributed by atoms with Gasteiger partial charge in [0.25, 0.3) is 0 Å². The van der Waals surface area contributed by atoms with Gasteiger partial charge in [0.1, 0.15) is 6.10 Å². The fourth-order valence-corrected chi connectivity index (χ4v) is 1.47. The third-order valence-corrected chi connectivity index (χ3v) is 2.33. The number of aliphatic hydroxyl groups excluding tert-OH is 4. The molecule has 0 fully saturated rings. The highest BCUT2D eigenvalue weighted by molar-refractivity contribution is 4.68. The van der Waals surface area contributed by atoms with Gasteiger partial charge >= 0.3 is 0 Å². The minimum Gasteiger partial charge on any atom is -0.394 e. The topological polar surface area (TPSA) is 80.9 Å². The lowest BCUT2D eigenvalue weighted by atomic mass is 9.96. The molecule has 4 N–H and O–H groups in total. The first kappa shape index (κ1) is 13.8. The lowest BCUT2D eigenvalue weighted by molar-refractivity contribution is -0.0205. The van der Waals surface area contributed by atoms with Gasteiger partial charge in [-0.2, -0.15) is 0 Å². The van der Waals surface area contributed by atoms with Crippen LogP contribution in [0, 0.1) is 5.92 Å². The summed E-state index contributed by atoms with van der Waals surface area (Å²) in [6.07, 6.45) is -0.351. The van der Waals surface area contributed by atoms with Crippen LogP contribution >= 0.6 is 0 Å². The maximum atomic E-state index is 9.33. The zero-order chi connectivity index (χ0) is 11.1. The molecule has 0 aromatic rings. The smallest absolute Gasteiger partial charge is 0.103 e. The van der Waals surface area contributed by atoms with Crippen LogP contribution in [0.2, 0.25) is 0 Å². The summed E-state index contributed by atoms with van der Waals surface area (Å²) < 4.78 is 0. The predicted octanol–water partition coefficient (Wildman–Crippen LogP) is -0.112. The normalized spacial score (nSPS) is 20.1. The summed E-state index contributed by atoms with van der Waals surface area (Å²) in [6, 6.07) is 0. The average Bonchev–Trinajstić information content (AvgIpc) is 2.11. The second-order valence-electron chi connectivity index (χ2n) is 4.08. The Morgan fingerprint density at radius 2 is 1.50 bits per heavy atom. The fraction of sp³-hybridized carbons (Fsp3) is 1.00. The third kappa shape index (κ3) is 6.32. The highest BCUT2D eigenvalue weighted by atomic mass is 16.4. The van der Waals surface area contributed by atoms with Crippen molar-refractivity contribution in [3.8, 4) is 0 Å². The summed E-state index contributed by atoms with van der Waals surface area (Å²) in [7, 11) is 0. The molecule has 4 heteroatoms. The average molecular weight is 206 g/mol. The van der Waals surface area contributed by atoms with Crippen molar-refractivity contribution in [1.82, 2.24) is 0 Å². The van der Waals surface area contributed by atoms with Crippen molar-refractivity contribution >= 4 is 0 Å². The SMILES string of the molecule is CC(O)CC(C)CCC(O)C(O)CO. The van der Waals surface area contributed by atoms with Crippen LogP contribution in [0.25, 0.3) is 0 Å². The predicted molar refractivity (Wildman–Crippen MR) is 53.8 cm³/mol. The first-order chi connectivity index (χ1) is 6.47. The largest absolute Gasteiger partial charge is 0.394 e. The standard InChI is InChI=1S/C10H22O4/c1-7(5-8(2)12)3-4-9(13)10(14)6-11/h7-14H,3-6H2,1-2H3. The van der Waals surface area contributed by atoms with E-state index in [1.165, 1.54) is 0 Å². The van der Waals surface area contributed by atoms with E-state index < -0.39 is 18.8 Å². The quantitative estimate of drug-likeness (QED) is 0.468. The third-order valence-electron chi connectivity index (χ3n) is 2.33. The number of rotatable bonds is 7. The van der Waals surface area contributed by atoms with Crippen molar-refractivity contribution < 1.29 is 20.4 Å². The summed E-state index contributed by atoms with van der Waals surface area (Å²) in [5.41, 5.74) is 0. The van der Waals surface area contributed by atoms with Crippen LogP contribution in [-0.2, 0) is 0 Å². The summed E-state index contributed by atoms with van der Waals surface area (Å²) in [5, 5.41) is 36.1. The molecule has 0 aliphatic heterocycles. The molecule has 4 nitrogen and oxygen atoms in total. The van der Waals surface area contributed by atoms with Crippen molar-refractivity contribution in [3.05, 3.63) is 0 Å². The van der Waals surface area contributed by atoms with Crippen molar-refractivity contribution in [2.75, 3.05) is 6.61 Å². The van der Waals surface area contributed by atoms with Crippen molar-refractivity contribution in [3.63, 3.8) is 0 Å². The molecular formula is C10H22O4. The molecule has 0 aliphatic carbocycles. The van der Waals surface area contributed by atoms with Gasteiger partial charge in [-0.25, -0.2) is 0 Å². The molecule has 0 aromatic carbocycles. The summed E-state index contributed by atoms with van der Waals surface area (Å²) in [6.45, 7) is 3.31. The molecule has 4 unspecified atom stereocenters. The van der Waals surface area contributed by atoms with E-state index in [0.717, 1.165) is 6.42 Å². The summed E-state index contributed by atoms with van der Waals surface area (Å²) in [5.74, 6) is 0.315. The van der Waals surface area contributed by atoms with Crippen LogP contribution in [0.5, 0.6) is 0 Å². The zero-order valence-corrected chi connectivity index (χ0v) is 8.93. The Hall–Kier alpha value is -0.160. The van der Waals surface area contributed by atoms with E-state index in [0.29, 0.717) is 18.8 Å². The minimum absolute atomic E-state index is 0.315. The van der Waals surface area contributed by atoms with Crippen molar-refractivity contribution in [2.45, 2.75) is 51.4 Å². The highest BCUT2D eigenvalue weighted by Gasteiger charge is 2.16. The fourth-order valence-electron chi connectivity index (χ4n) is 1.47. The van der Waals surface area contributed by atoms with E-state index in [1.54, 1.807) is 6.92 Å². The van der Waals surface area contributed by atoms with Crippen molar-refractivity contribution in [2.24, 2.45) is 5.92 Å². The Morgan fingerprint density at radius 1 is 0.929 bits per heavy atom. The molecule has 0 rings (SSSR count). The molecule has 0 heterocycles. The highest BCUT2D eigenvalue weighted by Crippen LogP contribution is 2.15. The molecule has 0 spiro atoms. The molecule has 14 heavy (non-hydrogen) atoms. The zero-order valence-electron chi connectivity index (χ0n) is 8.93. The molecule has 0 aromatic heterocycles. The van der Waals surface area contributed by atoms with Gasteiger partial charge in [0.05, 0.1) is 18.8 Å². The first-order valence-electron chi connectivity index (χ1n) is 5.12. The molecular weight excluding hydrogens is 184 g/mol. The molecule has 86 valence electrons. The van der Waals surface area contributed by atoms with Gasteiger partial charge in [-0.05, 0) is 32.1 Å². The molecule has 0 bridgehead atoms. The van der Waals surface area contributed by atoms with Crippen LogP contribution < -0.4 is 0 Å². The van der Waals surface area contributed by atoms with Crippen LogP contribution in [0.1, 0.15) is 33.1 Å². The van der Waals surface area contributed by atoms with Gasteiger partial charge in [-0.15, -0.1) is 0 Å². The molecule has 0 saturated carbocycles. The van der Waals surface area contributed by atoms with Crippen LogP contribution in [-0.4, -0.2) is 45.3 Å². The first-order valence-corrected chi connectivity index (χ1v) is 5.12. The number of aliphatic hydroxyl groups is 4. The van der Waals surface area contributed by atoms with Gasteiger partial charge in [-0.1, -0.05) is 6.92 Å². The van der Waals surface area contributed by atoms with E-state index >= 15 is 0 Å². The van der Waals surface area contributed by atoms with Gasteiger partial charge < -0.3 is 20.4 Å². The Labute approximate surface area is 85.2 Å². The maximum absolute atomic E-state index is 9.33. The molecule has 0 aliphatic rings. The number of hydrogen-bond acceptors (Lipinski definition) is 4. The number of hydrogen-bond donors (Lipinski definition) is 4. The molecule has 0 saturated heterocycles. The van der Waals surface area contributed by atoms with Gasteiger partial charge in [0.2, 0.25) is 0 Å². The van der Waals surface area contributed by atoms with E-state index in [4.69, 9.17) is 15.3 Å². The van der Waals surface area contributed by atoms with Crippen LogP contribution in [0.4, 0.5) is 0 Å². The molecule has 0 amide bonds. The van der Waals surface area contributed by atoms with Crippen molar-refractivity contribution in [1.29, 1.82) is 0 Å². The van der Waals surface area contributed by atoms with Crippen LogP contribution in [0.3, 0.4) is 0 Å². The monoisotopic (exact) mass is 206 g/mol. The van der Waals surface area contributed by atoms with Gasteiger partial charge in [0.15, 0.2) is 0 Å². The Morgan fingerprint density at radius 3 is 1.93 bits per heavy atom. The second-order valence-corrected chi connectivity index (χ2v) is 4.08. The van der Waals surface area contributed by atoms with E-state index in [2.05, 4.69) is 0 Å². The summed E-state index contributed by atoms with van der Waals surface area (Å²) in [4.78, 5) is 0. The van der Waals surface area contributed by atoms with E-state index in [-0.39, 0.29) is 6.10 Å². The Balaban J connectivity index is 3.60. The minimum atomic E-state index is -1.05. The second kappa shape index (κ2) is 7.17. The van der Waals surface area contributed by atoms with Gasteiger partial charge in [-0.3, -0.25) is 0 Å². The van der Waals surface area contributed by atoms with E-state index in [9.17, 15) is 5.11 Å². The lowest BCUT2D eigenvalue weighted by Crippen LogP contribution is -2.29. The molecule has 0 radical (unpaired) electrons. The van der Waals surface area contributed by atoms with Crippen LogP contribution in [0.15, 0.2) is 0 Å². The Bertz CT molecular complexity index is 138. The summed E-state index contributed by atoms with van der Waals surface area (Å²) >= 11 is 0. The Kier molecular flexibility index (Phi) is 7.09. The van der Waals surface area contributed by atoms with Gasteiger partial charge in [0, 0.05) is 0 Å². The maximum Gasteiger partial charge on any atom is 0.103 e. The van der Waals surface area contributed by atoms with E-state index in [1.807, 2.05) is 6.92 Å².